The number of benzene rings is 3. The van der Waals surface area contributed by atoms with E-state index in [0.717, 1.165) is 52.7 Å². The molecule has 0 amide bonds. The van der Waals surface area contributed by atoms with Gasteiger partial charge in [-0.1, -0.05) is 41.6 Å². The number of aliphatic hydroxyl groups is 1. The third-order valence-electron chi connectivity index (χ3n) is 6.85. The van der Waals surface area contributed by atoms with E-state index in [2.05, 4.69) is 67.4 Å². The predicted molar refractivity (Wildman–Crippen MR) is 144 cm³/mol. The standard InChI is InChI=1S/C28H29N5O3S/c1-19-31-25-15-24(8-9-26(25)37-19)35-17-23(34)16-32-10-12-33(13-11-32)27(28-29-18-30-36-28)22-7-6-20-4-2-3-5-21(20)14-22/h2-9,14-15,18,23,27,34H,10-13,16-17H2,1H3/t23-,27?/m0/s1. The molecule has 1 saturated heterocycles. The molecule has 0 spiro atoms. The summed E-state index contributed by atoms with van der Waals surface area (Å²) in [5.41, 5.74) is 2.07. The van der Waals surface area contributed by atoms with Crippen molar-refractivity contribution in [3.05, 3.63) is 83.5 Å². The van der Waals surface area contributed by atoms with Crippen LogP contribution in [0.15, 0.2) is 71.5 Å². The zero-order valence-electron chi connectivity index (χ0n) is 20.7. The maximum atomic E-state index is 10.7. The lowest BCUT2D eigenvalue weighted by Crippen LogP contribution is -2.50. The van der Waals surface area contributed by atoms with Gasteiger partial charge in [-0.2, -0.15) is 4.98 Å². The maximum absolute atomic E-state index is 10.7. The highest BCUT2D eigenvalue weighted by Gasteiger charge is 2.30. The summed E-state index contributed by atoms with van der Waals surface area (Å²) in [7, 11) is 0. The molecule has 0 aliphatic carbocycles. The van der Waals surface area contributed by atoms with Gasteiger partial charge < -0.3 is 14.4 Å². The molecule has 9 heteroatoms. The van der Waals surface area contributed by atoms with E-state index in [-0.39, 0.29) is 12.6 Å². The van der Waals surface area contributed by atoms with E-state index in [0.29, 0.717) is 12.4 Å². The molecule has 0 radical (unpaired) electrons. The topological polar surface area (TPSA) is 87.8 Å². The number of hydrogen-bond donors (Lipinski definition) is 1. The minimum atomic E-state index is -0.577. The summed E-state index contributed by atoms with van der Waals surface area (Å²) in [4.78, 5) is 13.6. The Balaban J connectivity index is 1.07. The van der Waals surface area contributed by atoms with E-state index in [1.54, 1.807) is 11.3 Å². The molecule has 6 rings (SSSR count). The lowest BCUT2D eigenvalue weighted by molar-refractivity contribution is 0.0369. The van der Waals surface area contributed by atoms with Crippen molar-refractivity contribution in [1.82, 2.24) is 24.9 Å². The van der Waals surface area contributed by atoms with Crippen molar-refractivity contribution in [1.29, 1.82) is 0 Å². The normalized spacial score (nSPS) is 16.8. The van der Waals surface area contributed by atoms with Gasteiger partial charge in [0.25, 0.3) is 0 Å². The molecule has 8 nitrogen and oxygen atoms in total. The Bertz CT molecular complexity index is 1480. The second kappa shape index (κ2) is 10.5. The number of nitrogens with zero attached hydrogens (tertiary/aromatic N) is 5. The summed E-state index contributed by atoms with van der Waals surface area (Å²) >= 11 is 1.67. The van der Waals surface area contributed by atoms with Crippen molar-refractivity contribution < 1.29 is 14.4 Å². The number of thiazole rings is 1. The van der Waals surface area contributed by atoms with E-state index in [9.17, 15) is 5.11 Å². The number of hydrogen-bond acceptors (Lipinski definition) is 9. The smallest absolute Gasteiger partial charge is 0.248 e. The lowest BCUT2D eigenvalue weighted by Gasteiger charge is -2.38. The van der Waals surface area contributed by atoms with Crippen molar-refractivity contribution in [2.75, 3.05) is 39.3 Å². The predicted octanol–water partition coefficient (Wildman–Crippen LogP) is 4.29. The Kier molecular flexibility index (Phi) is 6.84. The lowest BCUT2D eigenvalue weighted by atomic mass is 10.00. The van der Waals surface area contributed by atoms with Gasteiger partial charge in [0.2, 0.25) is 5.89 Å². The minimum absolute atomic E-state index is 0.105. The molecule has 1 aliphatic heterocycles. The van der Waals surface area contributed by atoms with E-state index in [1.165, 1.54) is 17.1 Å². The Morgan fingerprint density at radius 1 is 1.03 bits per heavy atom. The summed E-state index contributed by atoms with van der Waals surface area (Å²) < 4.78 is 12.6. The van der Waals surface area contributed by atoms with Crippen LogP contribution in [0, 0.1) is 6.92 Å². The highest BCUT2D eigenvalue weighted by atomic mass is 32.1. The van der Waals surface area contributed by atoms with Gasteiger partial charge in [-0.25, -0.2) is 4.98 Å². The van der Waals surface area contributed by atoms with E-state index >= 15 is 0 Å². The largest absolute Gasteiger partial charge is 0.491 e. The number of aliphatic hydroxyl groups excluding tert-OH is 1. The van der Waals surface area contributed by atoms with Crippen LogP contribution in [0.25, 0.3) is 21.0 Å². The van der Waals surface area contributed by atoms with Crippen molar-refractivity contribution >= 4 is 32.3 Å². The highest BCUT2D eigenvalue weighted by molar-refractivity contribution is 7.18. The van der Waals surface area contributed by atoms with Crippen LogP contribution in [0.5, 0.6) is 5.75 Å². The molecule has 3 aromatic carbocycles. The number of β-amino-alcohol motifs (C(OH)–C–C–N with tert-alkyl or cyclic N) is 1. The van der Waals surface area contributed by atoms with Crippen molar-refractivity contribution in [3.63, 3.8) is 0 Å². The molecule has 1 unspecified atom stereocenters. The molecule has 37 heavy (non-hydrogen) atoms. The highest BCUT2D eigenvalue weighted by Crippen LogP contribution is 2.31. The first kappa shape index (κ1) is 24.0. The average Bonchev–Trinajstić information content (AvgIpc) is 3.57. The zero-order chi connectivity index (χ0) is 25.2. The molecular weight excluding hydrogens is 486 g/mol. The Hall–Kier alpha value is -3.37. The second-order valence-electron chi connectivity index (χ2n) is 9.45. The van der Waals surface area contributed by atoms with Gasteiger partial charge in [0, 0.05) is 38.8 Å². The van der Waals surface area contributed by atoms with Crippen molar-refractivity contribution in [3.8, 4) is 5.75 Å². The number of piperazine rings is 1. The van der Waals surface area contributed by atoms with Crippen molar-refractivity contribution in [2.45, 2.75) is 19.1 Å². The van der Waals surface area contributed by atoms with Gasteiger partial charge in [-0.3, -0.25) is 9.80 Å². The Labute approximate surface area is 219 Å². The number of aromatic nitrogens is 3. The number of ether oxygens (including phenoxy) is 1. The SMILES string of the molecule is Cc1nc2cc(OC[C@@H](O)CN3CCN(C(c4ccc5ccccc5c4)c4ncno4)CC3)ccc2s1. The van der Waals surface area contributed by atoms with Gasteiger partial charge >= 0.3 is 0 Å². The summed E-state index contributed by atoms with van der Waals surface area (Å²) in [6.45, 7) is 6.13. The Morgan fingerprint density at radius 2 is 1.86 bits per heavy atom. The van der Waals surface area contributed by atoms with Gasteiger partial charge in [-0.05, 0) is 41.5 Å². The fourth-order valence-corrected chi connectivity index (χ4v) is 5.86. The summed E-state index contributed by atoms with van der Waals surface area (Å²) in [6, 6.07) is 20.7. The van der Waals surface area contributed by atoms with Gasteiger partial charge in [0.15, 0.2) is 6.33 Å². The molecule has 3 heterocycles. The van der Waals surface area contributed by atoms with Crippen LogP contribution in [0.4, 0.5) is 0 Å². The molecule has 2 atom stereocenters. The van der Waals surface area contributed by atoms with E-state index in [1.807, 2.05) is 25.1 Å². The Morgan fingerprint density at radius 3 is 2.68 bits per heavy atom. The first-order chi connectivity index (χ1) is 18.1. The fraction of sp³-hybridized carbons (Fsp3) is 0.321. The van der Waals surface area contributed by atoms with Crippen LogP contribution >= 0.6 is 11.3 Å². The van der Waals surface area contributed by atoms with Crippen molar-refractivity contribution in [2.24, 2.45) is 0 Å². The monoisotopic (exact) mass is 515 g/mol. The molecule has 1 fully saturated rings. The zero-order valence-corrected chi connectivity index (χ0v) is 21.5. The summed E-state index contributed by atoms with van der Waals surface area (Å²) in [5, 5.41) is 18.0. The van der Waals surface area contributed by atoms with Crippen LogP contribution in [0.1, 0.15) is 22.5 Å². The van der Waals surface area contributed by atoms with Gasteiger partial charge in [0.1, 0.15) is 24.5 Å². The quantitative estimate of drug-likeness (QED) is 0.328. The van der Waals surface area contributed by atoms with Gasteiger partial charge in [0.05, 0.1) is 15.2 Å². The third kappa shape index (κ3) is 5.35. The molecule has 1 aliphatic rings. The molecule has 5 aromatic rings. The van der Waals surface area contributed by atoms with Crippen LogP contribution in [-0.4, -0.2) is 75.5 Å². The second-order valence-corrected chi connectivity index (χ2v) is 10.7. The van der Waals surface area contributed by atoms with E-state index in [4.69, 9.17) is 9.26 Å². The molecule has 0 saturated carbocycles. The summed E-state index contributed by atoms with van der Waals surface area (Å²) in [5.74, 6) is 1.34. The van der Waals surface area contributed by atoms with Gasteiger partial charge in [-0.15, -0.1) is 11.3 Å². The fourth-order valence-electron chi connectivity index (χ4n) is 5.05. The maximum Gasteiger partial charge on any atom is 0.248 e. The molecule has 0 bridgehead atoms. The average molecular weight is 516 g/mol. The summed E-state index contributed by atoms with van der Waals surface area (Å²) in [6.07, 6.45) is 0.884. The number of rotatable bonds is 8. The first-order valence-electron chi connectivity index (χ1n) is 12.5. The molecule has 190 valence electrons. The first-order valence-corrected chi connectivity index (χ1v) is 13.3. The van der Waals surface area contributed by atoms with Crippen LogP contribution in [-0.2, 0) is 0 Å². The molecule has 1 N–H and O–H groups in total. The number of fused-ring (bicyclic) bond motifs is 2. The number of aryl methyl sites for hydroxylation is 1. The molecular formula is C28H29N5O3S. The van der Waals surface area contributed by atoms with Crippen LogP contribution in [0.3, 0.4) is 0 Å². The minimum Gasteiger partial charge on any atom is -0.491 e. The van der Waals surface area contributed by atoms with Crippen LogP contribution in [0.2, 0.25) is 0 Å². The molecule has 2 aromatic heterocycles. The van der Waals surface area contributed by atoms with Crippen LogP contribution < -0.4 is 4.74 Å². The van der Waals surface area contributed by atoms with E-state index < -0.39 is 6.10 Å². The third-order valence-corrected chi connectivity index (χ3v) is 7.80.